The van der Waals surface area contributed by atoms with E-state index >= 15 is 0 Å². The maximum absolute atomic E-state index is 12.7. The Morgan fingerprint density at radius 1 is 1.43 bits per heavy atom. The Labute approximate surface area is 123 Å². The van der Waals surface area contributed by atoms with Gasteiger partial charge in [0.25, 0.3) is 5.91 Å². The van der Waals surface area contributed by atoms with Gasteiger partial charge in [-0.3, -0.25) is 14.5 Å². The quantitative estimate of drug-likeness (QED) is 0.486. The van der Waals surface area contributed by atoms with Crippen molar-refractivity contribution in [2.24, 2.45) is 5.84 Å². The second-order valence-corrected chi connectivity index (χ2v) is 6.32. The average Bonchev–Trinajstić information content (AvgIpc) is 2.33. The first-order chi connectivity index (χ1) is 9.46. The lowest BCUT2D eigenvalue weighted by Crippen LogP contribution is -2.43. The van der Waals surface area contributed by atoms with Gasteiger partial charge in [0, 0.05) is 0 Å². The molecular formula is C10H11ClF3N3O3S. The normalized spacial score (nSPS) is 12.1. The molecule has 0 radical (unpaired) electrons. The number of nitrogens with two attached hydrogens (primary N) is 1. The molecule has 0 aliphatic carbocycles. The first kappa shape index (κ1) is 17.5. The summed E-state index contributed by atoms with van der Waals surface area (Å²) in [5, 5.41) is -0.252. The fourth-order valence-corrected chi connectivity index (χ4v) is 2.57. The lowest BCUT2D eigenvalue weighted by atomic mass is 10.2. The van der Waals surface area contributed by atoms with E-state index in [1.54, 1.807) is 5.43 Å². The monoisotopic (exact) mass is 345 g/mol. The number of rotatable bonds is 4. The van der Waals surface area contributed by atoms with E-state index in [0.717, 1.165) is 12.3 Å². The number of hydrogen-bond donors (Lipinski definition) is 2. The van der Waals surface area contributed by atoms with Crippen molar-refractivity contribution in [1.82, 2.24) is 5.43 Å². The Morgan fingerprint density at radius 3 is 2.43 bits per heavy atom. The van der Waals surface area contributed by atoms with Crippen LogP contribution in [0.2, 0.25) is 5.02 Å². The van der Waals surface area contributed by atoms with E-state index in [0.29, 0.717) is 16.4 Å². The smallest absolute Gasteiger partial charge is 0.293 e. The molecule has 1 aromatic rings. The number of benzene rings is 1. The van der Waals surface area contributed by atoms with Crippen LogP contribution >= 0.6 is 11.6 Å². The van der Waals surface area contributed by atoms with Crippen molar-refractivity contribution in [3.63, 3.8) is 0 Å². The first-order valence-electron chi connectivity index (χ1n) is 5.30. The molecule has 6 nitrogen and oxygen atoms in total. The van der Waals surface area contributed by atoms with Crippen LogP contribution in [0.3, 0.4) is 0 Å². The second-order valence-electron chi connectivity index (χ2n) is 4.00. The molecule has 0 unspecified atom stereocenters. The molecule has 118 valence electrons. The predicted molar refractivity (Wildman–Crippen MR) is 71.0 cm³/mol. The summed E-state index contributed by atoms with van der Waals surface area (Å²) in [4.78, 5) is 11.2. The van der Waals surface area contributed by atoms with Crippen LogP contribution in [0.15, 0.2) is 18.2 Å². The fraction of sp³-hybridized carbons (Fsp3) is 0.300. The molecule has 3 N–H and O–H groups in total. The van der Waals surface area contributed by atoms with E-state index in [-0.39, 0.29) is 5.02 Å². The zero-order valence-electron chi connectivity index (χ0n) is 10.6. The largest absolute Gasteiger partial charge is 0.416 e. The van der Waals surface area contributed by atoms with Gasteiger partial charge in [0.1, 0.15) is 6.54 Å². The highest BCUT2D eigenvalue weighted by Crippen LogP contribution is 2.36. The van der Waals surface area contributed by atoms with Gasteiger partial charge in [-0.25, -0.2) is 14.3 Å². The summed E-state index contributed by atoms with van der Waals surface area (Å²) in [5.74, 6) is 3.94. The van der Waals surface area contributed by atoms with E-state index in [9.17, 15) is 26.4 Å². The maximum atomic E-state index is 12.7. The Morgan fingerprint density at radius 2 is 2.00 bits per heavy atom. The van der Waals surface area contributed by atoms with Crippen molar-refractivity contribution >= 4 is 33.2 Å². The predicted octanol–water partition coefficient (Wildman–Crippen LogP) is 1.11. The number of amides is 1. The van der Waals surface area contributed by atoms with Gasteiger partial charge in [-0.2, -0.15) is 13.2 Å². The minimum Gasteiger partial charge on any atom is -0.293 e. The summed E-state index contributed by atoms with van der Waals surface area (Å²) in [7, 11) is -4.04. The molecule has 0 atom stereocenters. The summed E-state index contributed by atoms with van der Waals surface area (Å²) in [6.07, 6.45) is -3.95. The van der Waals surface area contributed by atoms with Gasteiger partial charge in [0.05, 0.1) is 22.5 Å². The summed E-state index contributed by atoms with van der Waals surface area (Å²) >= 11 is 5.74. The highest BCUT2D eigenvalue weighted by molar-refractivity contribution is 7.92. The van der Waals surface area contributed by atoms with Gasteiger partial charge < -0.3 is 0 Å². The summed E-state index contributed by atoms with van der Waals surface area (Å²) < 4.78 is 61.8. The molecule has 1 aromatic carbocycles. The standard InChI is InChI=1S/C10H11ClF3N3O3S/c1-21(19,20)17(5-9(18)16-15)8-4-6(10(12,13)14)2-3-7(8)11/h2-4H,5,15H2,1H3,(H,16,18). The van der Waals surface area contributed by atoms with E-state index in [1.807, 2.05) is 0 Å². The van der Waals surface area contributed by atoms with Gasteiger partial charge >= 0.3 is 6.18 Å². The summed E-state index contributed by atoms with van der Waals surface area (Å²) in [6.45, 7) is -0.795. The number of hydrazine groups is 1. The van der Waals surface area contributed by atoms with Gasteiger partial charge in [-0.1, -0.05) is 11.6 Å². The molecule has 0 saturated heterocycles. The Bertz CT molecular complexity index is 649. The van der Waals surface area contributed by atoms with E-state index < -0.39 is 39.9 Å². The van der Waals surface area contributed by atoms with E-state index in [1.165, 1.54) is 0 Å². The molecule has 0 heterocycles. The number of nitrogens with zero attached hydrogens (tertiary/aromatic N) is 1. The molecule has 1 rings (SSSR count). The first-order valence-corrected chi connectivity index (χ1v) is 7.53. The van der Waals surface area contributed by atoms with Crippen LogP contribution in [0.5, 0.6) is 0 Å². The number of halogens is 4. The van der Waals surface area contributed by atoms with Crippen molar-refractivity contribution in [1.29, 1.82) is 0 Å². The zero-order valence-corrected chi connectivity index (χ0v) is 12.2. The molecule has 0 aliphatic heterocycles. The van der Waals surface area contributed by atoms with Crippen LogP contribution in [-0.4, -0.2) is 27.1 Å². The van der Waals surface area contributed by atoms with Gasteiger partial charge in [-0.05, 0) is 18.2 Å². The second kappa shape index (κ2) is 6.08. The third kappa shape index (κ3) is 4.48. The molecule has 11 heteroatoms. The molecule has 0 aliphatic rings. The summed E-state index contributed by atoms with van der Waals surface area (Å²) in [6, 6.07) is 2.15. The molecule has 0 fully saturated rings. The van der Waals surface area contributed by atoms with E-state index in [2.05, 4.69) is 0 Å². The van der Waals surface area contributed by atoms with Crippen LogP contribution in [0, 0.1) is 0 Å². The minimum absolute atomic E-state index is 0.252. The third-order valence-electron chi connectivity index (χ3n) is 2.39. The average molecular weight is 346 g/mol. The van der Waals surface area contributed by atoms with Gasteiger partial charge in [0.15, 0.2) is 0 Å². The molecule has 0 spiro atoms. The van der Waals surface area contributed by atoms with Crippen LogP contribution < -0.4 is 15.6 Å². The Kier molecular flexibility index (Phi) is 5.07. The number of carbonyl (C=O) groups excluding carboxylic acids is 1. The van der Waals surface area contributed by atoms with Crippen LogP contribution in [-0.2, 0) is 21.0 Å². The van der Waals surface area contributed by atoms with Crippen LogP contribution in [0.4, 0.5) is 18.9 Å². The molecule has 0 saturated carbocycles. The fourth-order valence-electron chi connectivity index (χ4n) is 1.44. The van der Waals surface area contributed by atoms with Crippen molar-refractivity contribution < 1.29 is 26.4 Å². The Hall–Kier alpha value is -1.52. The number of nitrogens with one attached hydrogen (secondary N) is 1. The minimum atomic E-state index is -4.68. The van der Waals surface area contributed by atoms with Crippen molar-refractivity contribution in [3.05, 3.63) is 28.8 Å². The third-order valence-corrected chi connectivity index (χ3v) is 3.84. The Balaban J connectivity index is 3.40. The van der Waals surface area contributed by atoms with E-state index in [4.69, 9.17) is 17.4 Å². The van der Waals surface area contributed by atoms with Gasteiger partial charge in [0.2, 0.25) is 10.0 Å². The number of carbonyl (C=O) groups is 1. The lowest BCUT2D eigenvalue weighted by Gasteiger charge is -2.23. The van der Waals surface area contributed by atoms with Crippen molar-refractivity contribution in [3.8, 4) is 0 Å². The highest BCUT2D eigenvalue weighted by Gasteiger charge is 2.33. The van der Waals surface area contributed by atoms with Gasteiger partial charge in [-0.15, -0.1) is 0 Å². The maximum Gasteiger partial charge on any atom is 0.416 e. The number of alkyl halides is 3. The van der Waals surface area contributed by atoms with Crippen LogP contribution in [0.1, 0.15) is 5.56 Å². The highest BCUT2D eigenvalue weighted by atomic mass is 35.5. The number of hydrogen-bond acceptors (Lipinski definition) is 4. The topological polar surface area (TPSA) is 92.5 Å². The van der Waals surface area contributed by atoms with Crippen molar-refractivity contribution in [2.75, 3.05) is 17.1 Å². The van der Waals surface area contributed by atoms with Crippen LogP contribution in [0.25, 0.3) is 0 Å². The molecule has 21 heavy (non-hydrogen) atoms. The number of sulfonamides is 1. The zero-order chi connectivity index (χ0) is 16.4. The lowest BCUT2D eigenvalue weighted by molar-refractivity contribution is -0.137. The molecular weight excluding hydrogens is 335 g/mol. The molecule has 0 aromatic heterocycles. The SMILES string of the molecule is CS(=O)(=O)N(CC(=O)NN)c1cc(C(F)(F)F)ccc1Cl. The summed E-state index contributed by atoms with van der Waals surface area (Å²) in [5.41, 5.74) is 0.137. The van der Waals surface area contributed by atoms with Crippen molar-refractivity contribution in [2.45, 2.75) is 6.18 Å². The molecule has 1 amide bonds. The molecule has 0 bridgehead atoms. The number of anilines is 1.